The highest BCUT2D eigenvalue weighted by Gasteiger charge is 2.12. The lowest BCUT2D eigenvalue weighted by molar-refractivity contribution is 0.872. The Bertz CT molecular complexity index is 545. The monoisotopic (exact) mass is 281 g/mol. The molecule has 0 aromatic carbocycles. The van der Waals surface area contributed by atoms with Gasteiger partial charge in [0.25, 0.3) is 0 Å². The van der Waals surface area contributed by atoms with E-state index in [0.29, 0.717) is 16.7 Å². The number of nitrogens with one attached hydrogen (secondary N) is 1. The minimum Gasteiger partial charge on any atom is -0.399 e. The van der Waals surface area contributed by atoms with Crippen LogP contribution in [-0.4, -0.2) is 4.98 Å². The second-order valence-electron chi connectivity index (χ2n) is 4.34. The zero-order valence-electron chi connectivity index (χ0n) is 10.6. The molecule has 2 aromatic heterocycles. The van der Waals surface area contributed by atoms with Crippen LogP contribution >= 0.6 is 22.9 Å². The first kappa shape index (κ1) is 13.2. The smallest absolute Gasteiger partial charge is 0.133 e. The van der Waals surface area contributed by atoms with Crippen LogP contribution in [0, 0.1) is 13.8 Å². The van der Waals surface area contributed by atoms with Gasteiger partial charge < -0.3 is 11.1 Å². The Balaban J connectivity index is 2.20. The van der Waals surface area contributed by atoms with Crippen LogP contribution < -0.4 is 11.1 Å². The van der Waals surface area contributed by atoms with E-state index in [-0.39, 0.29) is 6.04 Å². The molecule has 3 N–H and O–H groups in total. The van der Waals surface area contributed by atoms with Crippen molar-refractivity contribution in [2.75, 3.05) is 11.1 Å². The van der Waals surface area contributed by atoms with E-state index >= 15 is 0 Å². The molecule has 0 spiro atoms. The van der Waals surface area contributed by atoms with Gasteiger partial charge in [0.2, 0.25) is 0 Å². The molecule has 0 fully saturated rings. The SMILES string of the molecule is Cc1cc(C(C)Nc2cc(N)cc(Cl)n2)c(C)s1. The van der Waals surface area contributed by atoms with Crippen LogP contribution in [0.15, 0.2) is 18.2 Å². The normalized spacial score (nSPS) is 12.4. The van der Waals surface area contributed by atoms with Crippen LogP contribution in [0.1, 0.15) is 28.3 Å². The van der Waals surface area contributed by atoms with Crippen molar-refractivity contribution in [2.45, 2.75) is 26.8 Å². The number of anilines is 2. The number of hydrogen-bond acceptors (Lipinski definition) is 4. The van der Waals surface area contributed by atoms with Crippen molar-refractivity contribution < 1.29 is 0 Å². The van der Waals surface area contributed by atoms with Crippen molar-refractivity contribution in [1.29, 1.82) is 0 Å². The largest absolute Gasteiger partial charge is 0.399 e. The van der Waals surface area contributed by atoms with Gasteiger partial charge in [-0.25, -0.2) is 4.98 Å². The molecular weight excluding hydrogens is 266 g/mol. The lowest BCUT2D eigenvalue weighted by Crippen LogP contribution is -2.08. The summed E-state index contributed by atoms with van der Waals surface area (Å²) in [5.74, 6) is 0.704. The fourth-order valence-corrected chi connectivity index (χ4v) is 3.21. The summed E-state index contributed by atoms with van der Waals surface area (Å²) < 4.78 is 0. The summed E-state index contributed by atoms with van der Waals surface area (Å²) in [6.07, 6.45) is 0. The Kier molecular flexibility index (Phi) is 3.78. The van der Waals surface area contributed by atoms with Crippen molar-refractivity contribution in [1.82, 2.24) is 4.98 Å². The Morgan fingerprint density at radius 3 is 2.61 bits per heavy atom. The third-order valence-electron chi connectivity index (χ3n) is 2.73. The number of nitrogens with zero attached hydrogens (tertiary/aromatic N) is 1. The molecule has 0 aliphatic heterocycles. The van der Waals surface area contributed by atoms with E-state index in [2.05, 4.69) is 37.1 Å². The highest BCUT2D eigenvalue weighted by Crippen LogP contribution is 2.28. The summed E-state index contributed by atoms with van der Waals surface area (Å²) >= 11 is 7.69. The summed E-state index contributed by atoms with van der Waals surface area (Å²) in [6, 6.07) is 5.81. The van der Waals surface area contributed by atoms with Crippen LogP contribution in [0.25, 0.3) is 0 Å². The first-order valence-corrected chi connectivity index (χ1v) is 6.91. The third kappa shape index (κ3) is 2.94. The molecule has 0 saturated carbocycles. The number of rotatable bonds is 3. The summed E-state index contributed by atoms with van der Waals surface area (Å²) in [7, 11) is 0. The molecule has 5 heteroatoms. The Labute approximate surface area is 116 Å². The molecule has 2 heterocycles. The first-order valence-electron chi connectivity index (χ1n) is 5.72. The molecule has 1 atom stereocenters. The van der Waals surface area contributed by atoms with Crippen molar-refractivity contribution in [3.63, 3.8) is 0 Å². The molecule has 0 amide bonds. The standard InChI is InChI=1S/C13H16ClN3S/c1-7-4-11(9(3)18-7)8(2)16-13-6-10(15)5-12(14)17-13/h4-6,8H,1-3H3,(H3,15,16,17). The predicted molar refractivity (Wildman–Crippen MR) is 79.5 cm³/mol. The number of hydrogen-bond donors (Lipinski definition) is 2. The molecule has 2 rings (SSSR count). The molecule has 0 aliphatic carbocycles. The quantitative estimate of drug-likeness (QED) is 0.830. The van der Waals surface area contributed by atoms with Crippen LogP contribution in [0.5, 0.6) is 0 Å². The first-order chi connectivity index (χ1) is 8.45. The van der Waals surface area contributed by atoms with E-state index in [1.165, 1.54) is 15.3 Å². The number of nitrogens with two attached hydrogens (primary N) is 1. The number of aromatic nitrogens is 1. The van der Waals surface area contributed by atoms with E-state index < -0.39 is 0 Å². The second-order valence-corrected chi connectivity index (χ2v) is 6.19. The summed E-state index contributed by atoms with van der Waals surface area (Å²) in [5, 5.41) is 3.73. The molecule has 0 radical (unpaired) electrons. The van der Waals surface area contributed by atoms with Crippen LogP contribution in [-0.2, 0) is 0 Å². The zero-order valence-corrected chi connectivity index (χ0v) is 12.2. The van der Waals surface area contributed by atoms with Crippen molar-refractivity contribution in [3.05, 3.63) is 38.7 Å². The average molecular weight is 282 g/mol. The molecule has 1 unspecified atom stereocenters. The summed E-state index contributed by atoms with van der Waals surface area (Å²) in [5.41, 5.74) is 7.65. The lowest BCUT2D eigenvalue weighted by Gasteiger charge is -2.15. The van der Waals surface area contributed by atoms with E-state index in [9.17, 15) is 0 Å². The third-order valence-corrected chi connectivity index (χ3v) is 3.90. The van der Waals surface area contributed by atoms with Gasteiger partial charge in [0.15, 0.2) is 0 Å². The van der Waals surface area contributed by atoms with Crippen LogP contribution in [0.3, 0.4) is 0 Å². The van der Waals surface area contributed by atoms with Gasteiger partial charge in [-0.1, -0.05) is 11.6 Å². The molecule has 3 nitrogen and oxygen atoms in total. The number of thiophene rings is 1. The van der Waals surface area contributed by atoms with Crippen molar-refractivity contribution in [2.24, 2.45) is 0 Å². The molecule has 0 bridgehead atoms. The van der Waals surface area contributed by atoms with Crippen LogP contribution in [0.4, 0.5) is 11.5 Å². The van der Waals surface area contributed by atoms with E-state index in [4.69, 9.17) is 17.3 Å². The number of pyridine rings is 1. The maximum Gasteiger partial charge on any atom is 0.133 e. The number of nitrogen functional groups attached to an aromatic ring is 1. The predicted octanol–water partition coefficient (Wildman–Crippen LogP) is 4.17. The molecule has 2 aromatic rings. The van der Waals surface area contributed by atoms with Gasteiger partial charge in [-0.15, -0.1) is 11.3 Å². The van der Waals surface area contributed by atoms with Gasteiger partial charge in [-0.2, -0.15) is 0 Å². The Hall–Kier alpha value is -1.26. The summed E-state index contributed by atoms with van der Waals surface area (Å²) in [6.45, 7) is 6.35. The van der Waals surface area contributed by atoms with Gasteiger partial charge in [-0.3, -0.25) is 0 Å². The van der Waals surface area contributed by atoms with Crippen LogP contribution in [0.2, 0.25) is 5.15 Å². The lowest BCUT2D eigenvalue weighted by atomic mass is 10.1. The fourth-order valence-electron chi connectivity index (χ4n) is 1.97. The fraction of sp³-hybridized carbons (Fsp3) is 0.308. The highest BCUT2D eigenvalue weighted by molar-refractivity contribution is 7.12. The zero-order chi connectivity index (χ0) is 13.3. The Morgan fingerprint density at radius 1 is 1.33 bits per heavy atom. The van der Waals surface area contributed by atoms with Gasteiger partial charge in [0, 0.05) is 21.5 Å². The highest BCUT2D eigenvalue weighted by atomic mass is 35.5. The van der Waals surface area contributed by atoms with E-state index in [0.717, 1.165) is 0 Å². The minimum atomic E-state index is 0.181. The van der Waals surface area contributed by atoms with Gasteiger partial charge in [-0.05, 0) is 38.5 Å². The number of aryl methyl sites for hydroxylation is 2. The average Bonchev–Trinajstić information content (AvgIpc) is 2.56. The maximum atomic E-state index is 5.89. The van der Waals surface area contributed by atoms with Crippen molar-refractivity contribution in [3.8, 4) is 0 Å². The van der Waals surface area contributed by atoms with Gasteiger partial charge in [0.05, 0.1) is 6.04 Å². The summed E-state index contributed by atoms with van der Waals surface area (Å²) in [4.78, 5) is 6.85. The molecule has 18 heavy (non-hydrogen) atoms. The van der Waals surface area contributed by atoms with E-state index in [1.54, 1.807) is 23.5 Å². The minimum absolute atomic E-state index is 0.181. The van der Waals surface area contributed by atoms with Gasteiger partial charge in [0.1, 0.15) is 11.0 Å². The second kappa shape index (κ2) is 5.16. The van der Waals surface area contributed by atoms with Crippen molar-refractivity contribution >= 4 is 34.4 Å². The molecule has 96 valence electrons. The molecule has 0 saturated heterocycles. The maximum absolute atomic E-state index is 5.89. The number of halogens is 1. The molecular formula is C13H16ClN3S. The van der Waals surface area contributed by atoms with E-state index in [1.807, 2.05) is 0 Å². The van der Waals surface area contributed by atoms with Gasteiger partial charge >= 0.3 is 0 Å². The topological polar surface area (TPSA) is 50.9 Å². The molecule has 0 aliphatic rings. The Morgan fingerprint density at radius 2 is 2.06 bits per heavy atom.